The van der Waals surface area contributed by atoms with E-state index in [1.165, 1.54) is 73.0 Å². The molecule has 86 heavy (non-hydrogen) atoms. The first-order chi connectivity index (χ1) is 38.9. The van der Waals surface area contributed by atoms with Crippen LogP contribution in [0.1, 0.15) is 83.1 Å². The van der Waals surface area contributed by atoms with Crippen LogP contribution in [0.3, 0.4) is 0 Å². The largest absolute Gasteiger partial charge is 2.00 e. The number of rotatable bonds is 4. The Hall–Kier alpha value is 0.257. The van der Waals surface area contributed by atoms with Crippen molar-refractivity contribution in [2.75, 3.05) is 91.2 Å². The summed E-state index contributed by atoms with van der Waals surface area (Å²) in [5.74, 6) is 0. The molecule has 0 aliphatic carbocycles. The van der Waals surface area contributed by atoms with Crippen LogP contribution in [-0.2, 0) is 51.4 Å². The molecule has 0 spiro atoms. The van der Waals surface area contributed by atoms with Crippen LogP contribution < -0.4 is 44.4 Å². The zero-order chi connectivity index (χ0) is 62.6. The third kappa shape index (κ3) is 44.7. The van der Waals surface area contributed by atoms with Gasteiger partial charge in [0.25, 0.3) is 0 Å². The maximum atomic E-state index is 7.50. The Kier molecular flexibility index (Phi) is 65.5. The predicted octanol–water partition coefficient (Wildman–Crippen LogP) is 17.2. The SMILES string of the molecule is CC(C)(C)P1CN(c2ccccc2)CP(C(C)(C)C)CN(c2ccccc2)C1.CC(C)(C)P1CN(c2ccccc2)CP(C(C)(C)C)CN(c2ccccc2)C1.ClCCl.ClCCl.ClCCl.ClCCl.[C-]#[O+].[C-]#[O+].[Cl-].[Cl-].[Mo+2].[Mo+2].c1cc[cH-]c1.c1cc[cH-]c1. The van der Waals surface area contributed by atoms with Gasteiger partial charge in [-0.3, -0.25) is 0 Å². The number of hydrogen-bond acceptors (Lipinski definition) is 4. The Balaban J connectivity index is -0.000000256. The maximum absolute atomic E-state index is 7.50. The van der Waals surface area contributed by atoms with Gasteiger partial charge in [-0.05, 0) is 69.2 Å². The Labute approximate surface area is 607 Å². The quantitative estimate of drug-likeness (QED) is 0.0580. The molecule has 0 bridgehead atoms. The molecular weight excluding hydrogens is 1530 g/mol. The van der Waals surface area contributed by atoms with E-state index < -0.39 is 0 Å². The Bertz CT molecular complexity index is 2020. The van der Waals surface area contributed by atoms with Crippen molar-refractivity contribution < 1.29 is 76.2 Å². The van der Waals surface area contributed by atoms with Gasteiger partial charge in [0.05, 0.1) is 21.4 Å². The molecule has 2 fully saturated rings. The van der Waals surface area contributed by atoms with Crippen LogP contribution in [0.4, 0.5) is 22.7 Å². The Morgan fingerprint density at radius 3 is 0.535 bits per heavy atom. The minimum Gasteiger partial charge on any atom is -1.00 e. The minimum absolute atomic E-state index is 0. The van der Waals surface area contributed by atoms with Gasteiger partial charge >= 0.3 is 64.7 Å². The van der Waals surface area contributed by atoms with E-state index in [1.807, 2.05) is 60.7 Å². The van der Waals surface area contributed by atoms with E-state index >= 15 is 0 Å². The summed E-state index contributed by atoms with van der Waals surface area (Å²) in [5.41, 5.74) is 5.57. The summed E-state index contributed by atoms with van der Waals surface area (Å²) in [6.07, 6.45) is 9.45. The van der Waals surface area contributed by atoms with Gasteiger partial charge in [-0.1, -0.05) is 188 Å². The summed E-state index contributed by atoms with van der Waals surface area (Å²) in [4.78, 5) is 10.8. The Morgan fingerprint density at radius 1 is 0.314 bits per heavy atom. The van der Waals surface area contributed by atoms with E-state index in [2.05, 4.69) is 237 Å². The molecule has 0 N–H and O–H groups in total. The first-order valence-corrected chi connectivity index (χ1v) is 37.5. The molecule has 480 valence electrons. The van der Waals surface area contributed by atoms with Gasteiger partial charge < -0.3 is 44.4 Å². The van der Waals surface area contributed by atoms with Crippen LogP contribution in [0.5, 0.6) is 0 Å². The van der Waals surface area contributed by atoms with Crippen LogP contribution in [0.2, 0.25) is 0 Å². The van der Waals surface area contributed by atoms with Gasteiger partial charge in [-0.25, -0.2) is 24.3 Å². The summed E-state index contributed by atoms with van der Waals surface area (Å²) < 4.78 is 15.0. The molecule has 6 aromatic carbocycles. The van der Waals surface area contributed by atoms with E-state index in [0.717, 1.165) is 0 Å². The second-order valence-electron chi connectivity index (χ2n) is 21.8. The van der Waals surface area contributed by atoms with Gasteiger partial charge in [0.1, 0.15) is 0 Å². The normalized spacial score (nSPS) is 16.1. The summed E-state index contributed by atoms with van der Waals surface area (Å²) >= 11 is 38.1. The monoisotopic (exact) mass is 1620 g/mol. The molecule has 2 saturated heterocycles. The van der Waals surface area contributed by atoms with Crippen molar-refractivity contribution >= 4 is 147 Å². The van der Waals surface area contributed by atoms with Gasteiger partial charge in [0.2, 0.25) is 0 Å². The maximum Gasteiger partial charge on any atom is 2.00 e. The zero-order valence-corrected chi connectivity index (χ0v) is 66.9. The van der Waals surface area contributed by atoms with Crippen molar-refractivity contribution in [2.24, 2.45) is 0 Å². The van der Waals surface area contributed by atoms with Crippen molar-refractivity contribution in [1.29, 1.82) is 0 Å². The standard InChI is InChI=1S/2C24H36N2P2.2C5H5.4CH2Cl2.2CO.2ClH.2Mo/c2*1-23(2,3)27-17-25(21-13-9-7-10-14-21)19-28(24(4,5)6)20-26(18-27)22-15-11-8-12-16-22;2*1-2-4-5-3-1;4*2-1-3;2*1-2;;;;/h2*7-16H,17-20H2,1-6H3;2*1-5H;4*1H2;;;2*1H;;/q;;2*-1;;;;;;;;;2*+2/p-2. The predicted molar refractivity (Wildman–Crippen MR) is 380 cm³/mol. The second kappa shape index (κ2) is 57.9. The van der Waals surface area contributed by atoms with Crippen LogP contribution in [0.25, 0.3) is 0 Å². The van der Waals surface area contributed by atoms with E-state index in [-0.39, 0.29) is 120 Å². The molecule has 2 aliphatic heterocycles. The molecule has 0 saturated carbocycles. The van der Waals surface area contributed by atoms with E-state index in [4.69, 9.17) is 102 Å². The third-order valence-electron chi connectivity index (χ3n) is 12.1. The van der Waals surface area contributed by atoms with E-state index in [0.29, 0.717) is 20.6 Å². The van der Waals surface area contributed by atoms with Crippen LogP contribution in [0, 0.1) is 13.3 Å². The number of alkyl halides is 8. The number of nitrogens with zero attached hydrogens (tertiary/aromatic N) is 4. The number of anilines is 4. The Morgan fingerprint density at radius 2 is 0.442 bits per heavy atom. The smallest absolute Gasteiger partial charge is 1.00 e. The van der Waals surface area contributed by atoms with Crippen molar-refractivity contribution in [1.82, 2.24) is 0 Å². The van der Waals surface area contributed by atoms with Crippen molar-refractivity contribution in [2.45, 2.75) is 104 Å². The molecule has 22 heteroatoms. The first kappa shape index (κ1) is 97.3. The average molecular weight is 1620 g/mol. The first-order valence-electron chi connectivity index (χ1n) is 26.4. The zero-order valence-electron chi connectivity index (χ0n) is 51.8. The van der Waals surface area contributed by atoms with Gasteiger partial charge in [0.15, 0.2) is 0 Å². The fourth-order valence-electron chi connectivity index (χ4n) is 7.55. The summed E-state index contributed by atoms with van der Waals surface area (Å²) in [7, 11) is -0.700. The molecule has 0 aromatic heterocycles. The van der Waals surface area contributed by atoms with Crippen molar-refractivity contribution in [3.8, 4) is 0 Å². The van der Waals surface area contributed by atoms with Crippen LogP contribution in [-0.4, -0.2) is 92.3 Å². The third-order valence-corrected chi connectivity index (χ3v) is 25.2. The molecule has 0 amide bonds. The number of para-hydroxylation sites is 4. The molecule has 6 nitrogen and oxygen atoms in total. The molecule has 2 heterocycles. The van der Waals surface area contributed by atoms with Gasteiger partial charge in [-0.2, -0.15) is 36.4 Å². The number of halogens is 10. The molecule has 6 aromatic rings. The van der Waals surface area contributed by atoms with Crippen LogP contribution in [0.15, 0.2) is 182 Å². The van der Waals surface area contributed by atoms with E-state index in [9.17, 15) is 0 Å². The van der Waals surface area contributed by atoms with Crippen LogP contribution >= 0.6 is 124 Å². The summed E-state index contributed by atoms with van der Waals surface area (Å²) in [6, 6.07) is 64.3. The van der Waals surface area contributed by atoms with Crippen molar-refractivity contribution in [3.63, 3.8) is 0 Å². The fraction of sp³-hybridized carbons (Fsp3) is 0.438. The molecular formula is C64H90Cl10Mo2N4O2P4. The molecule has 0 unspecified atom stereocenters. The number of benzene rings is 4. The van der Waals surface area contributed by atoms with Gasteiger partial charge in [0, 0.05) is 73.0 Å². The average Bonchev–Trinajstić information content (AvgIpc) is 3.71. The van der Waals surface area contributed by atoms with Gasteiger partial charge in [-0.15, -0.1) is 92.8 Å². The molecule has 8 rings (SSSR count). The second-order valence-corrected chi connectivity index (χ2v) is 37.0. The van der Waals surface area contributed by atoms with E-state index in [1.54, 1.807) is 0 Å². The molecule has 2 aliphatic rings. The summed E-state index contributed by atoms with van der Waals surface area (Å²) in [6.45, 7) is 38.2. The molecule has 0 atom stereocenters. The minimum atomic E-state index is -0.175. The molecule has 0 radical (unpaired) electrons. The van der Waals surface area contributed by atoms with Crippen molar-refractivity contribution in [3.05, 3.63) is 195 Å². The summed E-state index contributed by atoms with van der Waals surface area (Å²) in [5, 5.41) is 2.10. The fourth-order valence-corrected chi connectivity index (χ4v) is 17.3. The topological polar surface area (TPSA) is 52.8 Å². The number of hydrogen-bond donors (Lipinski definition) is 0.